The Morgan fingerprint density at radius 1 is 1.39 bits per heavy atom. The Morgan fingerprint density at radius 3 is 2.87 bits per heavy atom. The van der Waals surface area contributed by atoms with Crippen LogP contribution in [0.4, 0.5) is 10.5 Å². The molecule has 0 unspecified atom stereocenters. The standard InChI is InChI=1S/C15H19ClN4O3/c1-10-8-18(4-5-19(10)15(22)23)9-14(21)20-3-2-11-7-17-13(16)6-12(11)20/h6-7,10H,2-5,8-9H2,1H3,(H,22,23)/t10-/m1/s1. The van der Waals surface area contributed by atoms with Gasteiger partial charge in [0.15, 0.2) is 0 Å². The maximum atomic E-state index is 12.6. The van der Waals surface area contributed by atoms with Gasteiger partial charge >= 0.3 is 6.09 Å². The number of hydrogen-bond acceptors (Lipinski definition) is 4. The second kappa shape index (κ2) is 6.33. The van der Waals surface area contributed by atoms with Crippen molar-refractivity contribution < 1.29 is 14.7 Å². The second-order valence-electron chi connectivity index (χ2n) is 5.99. The summed E-state index contributed by atoms with van der Waals surface area (Å²) in [5.74, 6) is 0.0157. The Morgan fingerprint density at radius 2 is 2.17 bits per heavy atom. The highest BCUT2D eigenvalue weighted by molar-refractivity contribution is 6.29. The summed E-state index contributed by atoms with van der Waals surface area (Å²) in [6.07, 6.45) is 1.60. The fourth-order valence-electron chi connectivity index (χ4n) is 3.24. The average Bonchev–Trinajstić information content (AvgIpc) is 2.89. The monoisotopic (exact) mass is 338 g/mol. The molecule has 2 amide bonds. The molecule has 2 aliphatic rings. The largest absolute Gasteiger partial charge is 0.465 e. The van der Waals surface area contributed by atoms with Gasteiger partial charge in [-0.05, 0) is 25.0 Å². The maximum Gasteiger partial charge on any atom is 0.407 e. The number of amides is 2. The number of carboxylic acid groups (broad SMARTS) is 1. The number of carbonyl (C=O) groups excluding carboxylic acids is 1. The van der Waals surface area contributed by atoms with Crippen LogP contribution in [0.25, 0.3) is 0 Å². The van der Waals surface area contributed by atoms with Crippen LogP contribution in [-0.4, -0.2) is 70.7 Å². The smallest absolute Gasteiger partial charge is 0.407 e. The Balaban J connectivity index is 1.63. The molecule has 23 heavy (non-hydrogen) atoms. The van der Waals surface area contributed by atoms with Gasteiger partial charge < -0.3 is 14.9 Å². The second-order valence-corrected chi connectivity index (χ2v) is 6.38. The molecule has 0 saturated carbocycles. The number of fused-ring (bicyclic) bond motifs is 1. The molecule has 2 aliphatic heterocycles. The first kappa shape index (κ1) is 16.0. The van der Waals surface area contributed by atoms with Crippen molar-refractivity contribution in [1.29, 1.82) is 0 Å². The van der Waals surface area contributed by atoms with E-state index >= 15 is 0 Å². The van der Waals surface area contributed by atoms with Crippen molar-refractivity contribution in [1.82, 2.24) is 14.8 Å². The summed E-state index contributed by atoms with van der Waals surface area (Å²) in [6, 6.07) is 1.62. The van der Waals surface area contributed by atoms with E-state index in [1.165, 1.54) is 4.90 Å². The van der Waals surface area contributed by atoms with Crippen LogP contribution in [-0.2, 0) is 11.2 Å². The van der Waals surface area contributed by atoms with Crippen LogP contribution < -0.4 is 4.90 Å². The van der Waals surface area contributed by atoms with Crippen LogP contribution in [0.1, 0.15) is 12.5 Å². The summed E-state index contributed by atoms with van der Waals surface area (Å²) < 4.78 is 0. The number of nitrogens with zero attached hydrogens (tertiary/aromatic N) is 4. The molecule has 1 saturated heterocycles. The number of piperazine rings is 1. The highest BCUT2D eigenvalue weighted by Gasteiger charge is 2.31. The van der Waals surface area contributed by atoms with Crippen molar-refractivity contribution in [3.8, 4) is 0 Å². The molecule has 1 N–H and O–H groups in total. The van der Waals surface area contributed by atoms with E-state index in [-0.39, 0.29) is 18.5 Å². The number of halogens is 1. The Bertz CT molecular complexity index is 639. The van der Waals surface area contributed by atoms with Crippen LogP contribution in [0.15, 0.2) is 12.3 Å². The van der Waals surface area contributed by atoms with Gasteiger partial charge in [0.1, 0.15) is 5.15 Å². The van der Waals surface area contributed by atoms with Gasteiger partial charge in [-0.2, -0.15) is 0 Å². The van der Waals surface area contributed by atoms with E-state index in [4.69, 9.17) is 16.7 Å². The quantitative estimate of drug-likeness (QED) is 0.823. The molecule has 124 valence electrons. The Labute approximate surface area is 139 Å². The molecule has 0 spiro atoms. The minimum atomic E-state index is -0.904. The van der Waals surface area contributed by atoms with Crippen molar-refractivity contribution in [3.05, 3.63) is 23.0 Å². The van der Waals surface area contributed by atoms with Crippen molar-refractivity contribution in [2.45, 2.75) is 19.4 Å². The Hall–Kier alpha value is -1.86. The van der Waals surface area contributed by atoms with Gasteiger partial charge in [0.25, 0.3) is 0 Å². The number of hydrogen-bond donors (Lipinski definition) is 1. The van der Waals surface area contributed by atoms with E-state index in [0.29, 0.717) is 31.3 Å². The molecule has 0 aromatic carbocycles. The van der Waals surface area contributed by atoms with Gasteiger partial charge in [-0.3, -0.25) is 9.69 Å². The van der Waals surface area contributed by atoms with Crippen molar-refractivity contribution >= 4 is 29.3 Å². The van der Waals surface area contributed by atoms with E-state index in [1.807, 2.05) is 11.8 Å². The molecule has 1 fully saturated rings. The lowest BCUT2D eigenvalue weighted by molar-refractivity contribution is -0.120. The first-order chi connectivity index (χ1) is 11.0. The van der Waals surface area contributed by atoms with Crippen LogP contribution in [0.2, 0.25) is 5.15 Å². The van der Waals surface area contributed by atoms with Gasteiger partial charge in [-0.1, -0.05) is 11.6 Å². The lowest BCUT2D eigenvalue weighted by atomic mass is 10.2. The molecule has 3 rings (SSSR count). The molecule has 0 bridgehead atoms. The van der Waals surface area contributed by atoms with E-state index in [9.17, 15) is 9.59 Å². The molecule has 8 heteroatoms. The number of rotatable bonds is 2. The van der Waals surface area contributed by atoms with Crippen LogP contribution >= 0.6 is 11.6 Å². The van der Waals surface area contributed by atoms with Gasteiger partial charge in [0.05, 0.1) is 12.2 Å². The first-order valence-corrected chi connectivity index (χ1v) is 8.00. The highest BCUT2D eigenvalue weighted by Crippen LogP contribution is 2.29. The lowest BCUT2D eigenvalue weighted by Gasteiger charge is -2.38. The van der Waals surface area contributed by atoms with Crippen molar-refractivity contribution in [2.24, 2.45) is 0 Å². The molecule has 0 aliphatic carbocycles. The fraction of sp³-hybridized carbons (Fsp3) is 0.533. The van der Waals surface area contributed by atoms with Crippen molar-refractivity contribution in [2.75, 3.05) is 37.6 Å². The normalized spacial score (nSPS) is 21.4. The molecule has 1 atom stereocenters. The van der Waals surface area contributed by atoms with Gasteiger partial charge in [-0.25, -0.2) is 9.78 Å². The third-order valence-corrected chi connectivity index (χ3v) is 4.65. The summed E-state index contributed by atoms with van der Waals surface area (Å²) in [5.41, 5.74) is 1.87. The minimum Gasteiger partial charge on any atom is -0.465 e. The molecule has 0 radical (unpaired) electrons. The molecule has 1 aromatic rings. The summed E-state index contributed by atoms with van der Waals surface area (Å²) in [4.78, 5) is 32.9. The molecular formula is C15H19ClN4O3. The van der Waals surface area contributed by atoms with E-state index in [0.717, 1.165) is 17.7 Å². The van der Waals surface area contributed by atoms with E-state index < -0.39 is 6.09 Å². The zero-order valence-electron chi connectivity index (χ0n) is 12.9. The molecule has 3 heterocycles. The third-order valence-electron chi connectivity index (χ3n) is 4.44. The molecule has 1 aromatic heterocycles. The van der Waals surface area contributed by atoms with Crippen LogP contribution in [0, 0.1) is 0 Å². The summed E-state index contributed by atoms with van der Waals surface area (Å²) in [6.45, 7) is 4.35. The van der Waals surface area contributed by atoms with Crippen LogP contribution in [0.5, 0.6) is 0 Å². The fourth-order valence-corrected chi connectivity index (χ4v) is 3.39. The zero-order valence-corrected chi connectivity index (χ0v) is 13.7. The SMILES string of the molecule is C[C@@H]1CN(CC(=O)N2CCc3cnc(Cl)cc32)CCN1C(=O)O. The van der Waals surface area contributed by atoms with E-state index in [2.05, 4.69) is 4.98 Å². The molecular weight excluding hydrogens is 320 g/mol. The minimum absolute atomic E-state index is 0.0157. The van der Waals surface area contributed by atoms with Gasteiger partial charge in [-0.15, -0.1) is 0 Å². The number of carbonyl (C=O) groups is 2. The zero-order chi connectivity index (χ0) is 16.6. The predicted octanol–water partition coefficient (Wildman–Crippen LogP) is 1.31. The van der Waals surface area contributed by atoms with E-state index in [1.54, 1.807) is 17.2 Å². The number of anilines is 1. The molecule has 7 nitrogen and oxygen atoms in total. The Kier molecular flexibility index (Phi) is 4.41. The summed E-state index contributed by atoms with van der Waals surface area (Å²) in [5, 5.41) is 9.48. The number of aromatic nitrogens is 1. The topological polar surface area (TPSA) is 77.0 Å². The van der Waals surface area contributed by atoms with Gasteiger partial charge in [0, 0.05) is 38.4 Å². The van der Waals surface area contributed by atoms with Gasteiger partial charge in [0.2, 0.25) is 5.91 Å². The average molecular weight is 339 g/mol. The van der Waals surface area contributed by atoms with Crippen molar-refractivity contribution in [3.63, 3.8) is 0 Å². The number of pyridine rings is 1. The predicted molar refractivity (Wildman–Crippen MR) is 85.9 cm³/mol. The third kappa shape index (κ3) is 3.25. The highest BCUT2D eigenvalue weighted by atomic mass is 35.5. The summed E-state index contributed by atoms with van der Waals surface area (Å²) in [7, 11) is 0. The maximum absolute atomic E-state index is 12.6. The first-order valence-electron chi connectivity index (χ1n) is 7.62. The summed E-state index contributed by atoms with van der Waals surface area (Å²) >= 11 is 5.93. The van der Waals surface area contributed by atoms with Crippen LogP contribution in [0.3, 0.4) is 0 Å². The lowest BCUT2D eigenvalue weighted by Crippen LogP contribution is -2.55.